The first kappa shape index (κ1) is 16.5. The maximum absolute atomic E-state index is 12.0. The predicted molar refractivity (Wildman–Crippen MR) is 99.7 cm³/mol. The molecule has 4 rings (SSSR count). The molecule has 0 saturated heterocycles. The average molecular weight is 358 g/mol. The van der Waals surface area contributed by atoms with E-state index in [9.17, 15) is 9.59 Å². The summed E-state index contributed by atoms with van der Waals surface area (Å²) in [6.45, 7) is 0. The Kier molecular flexibility index (Phi) is 4.14. The van der Waals surface area contributed by atoms with E-state index >= 15 is 0 Å². The first-order valence-electron chi connectivity index (χ1n) is 8.19. The van der Waals surface area contributed by atoms with Crippen molar-refractivity contribution in [3.63, 3.8) is 0 Å². The Morgan fingerprint density at radius 2 is 1.67 bits per heavy atom. The van der Waals surface area contributed by atoms with E-state index in [-0.39, 0.29) is 0 Å². The number of hydrogen-bond acceptors (Lipinski definition) is 5. The van der Waals surface area contributed by atoms with Gasteiger partial charge in [-0.25, -0.2) is 4.79 Å². The van der Waals surface area contributed by atoms with Gasteiger partial charge in [0.2, 0.25) is 5.91 Å². The second kappa shape index (κ2) is 6.76. The SMILES string of the molecule is NC(=O)c1ccc(-c2ccc(C=C3C(=O)ON=C3c3ccccc3)o2)cc1. The molecule has 1 aliphatic rings. The highest BCUT2D eigenvalue weighted by atomic mass is 16.7. The molecule has 1 amide bonds. The quantitative estimate of drug-likeness (QED) is 0.571. The topological polar surface area (TPSA) is 94.9 Å². The highest BCUT2D eigenvalue weighted by Gasteiger charge is 2.27. The van der Waals surface area contributed by atoms with Gasteiger partial charge in [0.25, 0.3) is 0 Å². The minimum absolute atomic E-state index is 0.325. The predicted octanol–water partition coefficient (Wildman–Crippen LogP) is 3.39. The first-order valence-corrected chi connectivity index (χ1v) is 8.19. The molecular weight excluding hydrogens is 344 g/mol. The second-order valence-corrected chi connectivity index (χ2v) is 5.89. The van der Waals surface area contributed by atoms with Crippen LogP contribution in [-0.4, -0.2) is 17.6 Å². The van der Waals surface area contributed by atoms with Crippen LogP contribution in [0.25, 0.3) is 17.4 Å². The lowest BCUT2D eigenvalue weighted by molar-refractivity contribution is -0.136. The molecule has 0 spiro atoms. The van der Waals surface area contributed by atoms with E-state index in [1.165, 1.54) is 0 Å². The zero-order valence-electron chi connectivity index (χ0n) is 14.1. The van der Waals surface area contributed by atoms with Crippen molar-refractivity contribution in [2.45, 2.75) is 0 Å². The van der Waals surface area contributed by atoms with E-state index in [0.29, 0.717) is 28.4 Å². The van der Waals surface area contributed by atoms with Gasteiger partial charge < -0.3 is 15.0 Å². The molecule has 0 radical (unpaired) electrons. The summed E-state index contributed by atoms with van der Waals surface area (Å²) in [7, 11) is 0. The van der Waals surface area contributed by atoms with E-state index in [1.807, 2.05) is 30.3 Å². The van der Waals surface area contributed by atoms with Gasteiger partial charge in [-0.3, -0.25) is 4.79 Å². The van der Waals surface area contributed by atoms with E-state index in [2.05, 4.69) is 5.16 Å². The number of oxime groups is 1. The van der Waals surface area contributed by atoms with Crippen LogP contribution >= 0.6 is 0 Å². The minimum Gasteiger partial charge on any atom is -0.457 e. The highest BCUT2D eigenvalue weighted by Crippen LogP contribution is 2.26. The Balaban J connectivity index is 1.64. The van der Waals surface area contributed by atoms with Gasteiger partial charge in [0.05, 0.1) is 5.57 Å². The Labute approximate surface area is 154 Å². The molecule has 0 atom stereocenters. The lowest BCUT2D eigenvalue weighted by Gasteiger charge is -2.00. The number of rotatable bonds is 4. The molecule has 6 nitrogen and oxygen atoms in total. The van der Waals surface area contributed by atoms with Crippen LogP contribution in [0.3, 0.4) is 0 Å². The van der Waals surface area contributed by atoms with Gasteiger partial charge in [-0.2, -0.15) is 0 Å². The summed E-state index contributed by atoms with van der Waals surface area (Å²) in [4.78, 5) is 28.0. The molecule has 27 heavy (non-hydrogen) atoms. The zero-order valence-corrected chi connectivity index (χ0v) is 14.1. The first-order chi connectivity index (χ1) is 13.1. The van der Waals surface area contributed by atoms with E-state index in [4.69, 9.17) is 15.0 Å². The van der Waals surface area contributed by atoms with Crippen LogP contribution in [0.1, 0.15) is 21.7 Å². The number of carbonyl (C=O) groups excluding carboxylic acids is 2. The average Bonchev–Trinajstić information content (AvgIpc) is 3.30. The van der Waals surface area contributed by atoms with E-state index in [1.54, 1.807) is 42.5 Å². The molecule has 0 fully saturated rings. The van der Waals surface area contributed by atoms with E-state index in [0.717, 1.165) is 11.1 Å². The van der Waals surface area contributed by atoms with Crippen LogP contribution in [-0.2, 0) is 9.63 Å². The summed E-state index contributed by atoms with van der Waals surface area (Å²) in [6.07, 6.45) is 1.60. The van der Waals surface area contributed by atoms with Crippen LogP contribution < -0.4 is 5.73 Å². The lowest BCUT2D eigenvalue weighted by atomic mass is 10.0. The Morgan fingerprint density at radius 1 is 0.926 bits per heavy atom. The molecule has 0 bridgehead atoms. The van der Waals surface area contributed by atoms with E-state index < -0.39 is 11.9 Å². The largest absolute Gasteiger partial charge is 0.457 e. The van der Waals surface area contributed by atoms with Gasteiger partial charge in [0.1, 0.15) is 17.2 Å². The fourth-order valence-electron chi connectivity index (χ4n) is 2.74. The van der Waals surface area contributed by atoms with Gasteiger partial charge in [0.15, 0.2) is 0 Å². The summed E-state index contributed by atoms with van der Waals surface area (Å²) in [5.41, 5.74) is 8.02. The van der Waals surface area contributed by atoms with Crippen LogP contribution in [0.15, 0.2) is 81.9 Å². The Bertz CT molecular complexity index is 1080. The summed E-state index contributed by atoms with van der Waals surface area (Å²) < 4.78 is 5.81. The van der Waals surface area contributed by atoms with Crippen LogP contribution in [0.4, 0.5) is 0 Å². The number of hydrogen-bond donors (Lipinski definition) is 1. The zero-order chi connectivity index (χ0) is 18.8. The summed E-state index contributed by atoms with van der Waals surface area (Å²) in [5, 5.41) is 3.87. The fourth-order valence-corrected chi connectivity index (χ4v) is 2.74. The summed E-state index contributed by atoms with van der Waals surface area (Å²) in [5.74, 6) is 0.0698. The third-order valence-electron chi connectivity index (χ3n) is 4.11. The Hall–Kier alpha value is -3.93. The Morgan fingerprint density at radius 3 is 2.37 bits per heavy atom. The second-order valence-electron chi connectivity index (χ2n) is 5.89. The molecule has 0 aliphatic carbocycles. The van der Waals surface area contributed by atoms with Gasteiger partial charge in [-0.15, -0.1) is 0 Å². The van der Waals surface area contributed by atoms with Crippen molar-refractivity contribution in [2.75, 3.05) is 0 Å². The molecule has 1 aromatic heterocycles. The molecule has 2 heterocycles. The lowest BCUT2D eigenvalue weighted by Crippen LogP contribution is -2.10. The third kappa shape index (κ3) is 3.28. The van der Waals surface area contributed by atoms with Crippen molar-refractivity contribution in [3.05, 3.63) is 89.2 Å². The number of nitrogens with zero attached hydrogens (tertiary/aromatic N) is 1. The normalized spacial score (nSPS) is 14.9. The number of carbonyl (C=O) groups is 2. The molecule has 2 N–H and O–H groups in total. The molecule has 1 aliphatic heterocycles. The smallest absolute Gasteiger partial charge is 0.368 e. The van der Waals surface area contributed by atoms with Gasteiger partial charge in [-0.1, -0.05) is 47.6 Å². The number of benzene rings is 2. The standard InChI is InChI=1S/C21H14N2O4/c22-20(24)15-8-6-13(7-9-15)18-11-10-16(26-18)12-17-19(23-27-21(17)25)14-4-2-1-3-5-14/h1-12H,(H2,22,24). The van der Waals surface area contributed by atoms with Gasteiger partial charge >= 0.3 is 5.97 Å². The highest BCUT2D eigenvalue weighted by molar-refractivity contribution is 6.31. The van der Waals surface area contributed by atoms with Crippen LogP contribution in [0.5, 0.6) is 0 Å². The van der Waals surface area contributed by atoms with Crippen molar-refractivity contribution in [2.24, 2.45) is 10.9 Å². The van der Waals surface area contributed by atoms with Crippen molar-refractivity contribution < 1.29 is 18.8 Å². The van der Waals surface area contributed by atoms with Crippen molar-refractivity contribution in [3.8, 4) is 11.3 Å². The summed E-state index contributed by atoms with van der Waals surface area (Å²) in [6, 6.07) is 19.6. The number of amides is 1. The molecular formula is C21H14N2O4. The molecule has 6 heteroatoms. The molecule has 2 aromatic carbocycles. The third-order valence-corrected chi connectivity index (χ3v) is 4.11. The molecule has 132 valence electrons. The van der Waals surface area contributed by atoms with Crippen LogP contribution in [0.2, 0.25) is 0 Å². The number of furan rings is 1. The number of primary amides is 1. The molecule has 3 aromatic rings. The van der Waals surface area contributed by atoms with Gasteiger partial charge in [0, 0.05) is 16.7 Å². The summed E-state index contributed by atoms with van der Waals surface area (Å²) >= 11 is 0. The fraction of sp³-hybridized carbons (Fsp3) is 0. The van der Waals surface area contributed by atoms with Crippen molar-refractivity contribution in [1.29, 1.82) is 0 Å². The monoisotopic (exact) mass is 358 g/mol. The maximum atomic E-state index is 12.0. The molecule has 0 saturated carbocycles. The van der Waals surface area contributed by atoms with Crippen molar-refractivity contribution in [1.82, 2.24) is 0 Å². The molecule has 0 unspecified atom stereocenters. The van der Waals surface area contributed by atoms with Crippen molar-refractivity contribution >= 4 is 23.7 Å². The van der Waals surface area contributed by atoms with Gasteiger partial charge in [-0.05, 0) is 30.3 Å². The maximum Gasteiger partial charge on any atom is 0.368 e. The number of nitrogens with two attached hydrogens (primary N) is 1. The van der Waals surface area contributed by atoms with Crippen LogP contribution in [0, 0.1) is 0 Å². The minimum atomic E-state index is -0.530.